The van der Waals surface area contributed by atoms with Crippen LogP contribution in [-0.2, 0) is 9.59 Å². The Labute approximate surface area is 169 Å². The fraction of sp³-hybridized carbons (Fsp3) is 0.765. The quantitative estimate of drug-likeness (QED) is 0.269. The molecule has 0 aromatic carbocycles. The number of imide groups is 2. The predicted octanol–water partition coefficient (Wildman–Crippen LogP) is 2.65. The molecule has 0 rings (SSSR count). The zero-order chi connectivity index (χ0) is 20.5. The van der Waals surface area contributed by atoms with Gasteiger partial charge in [-0.25, -0.2) is 9.59 Å². The zero-order valence-electron chi connectivity index (χ0n) is 16.4. The number of carbonyl (C=O) groups is 4. The topological polar surface area (TPSA) is 116 Å². The van der Waals surface area contributed by atoms with E-state index in [1.807, 2.05) is 13.8 Å². The van der Waals surface area contributed by atoms with E-state index in [1.54, 1.807) is 0 Å². The predicted molar refractivity (Wildman–Crippen MR) is 112 cm³/mol. The van der Waals surface area contributed by atoms with Crippen LogP contribution in [0.25, 0.3) is 0 Å². The zero-order valence-corrected chi connectivity index (χ0v) is 18.0. The fourth-order valence-electron chi connectivity index (χ4n) is 1.91. The summed E-state index contributed by atoms with van der Waals surface area (Å²) in [5, 5.41) is 9.76. The molecule has 27 heavy (non-hydrogen) atoms. The molecule has 0 aliphatic rings. The second-order valence-corrected chi connectivity index (χ2v) is 8.93. The van der Waals surface area contributed by atoms with Crippen molar-refractivity contribution in [3.8, 4) is 0 Å². The average Bonchev–Trinajstić information content (AvgIpc) is 2.56. The van der Waals surface area contributed by atoms with E-state index in [0.717, 1.165) is 25.7 Å². The van der Waals surface area contributed by atoms with E-state index in [0.29, 0.717) is 25.3 Å². The maximum Gasteiger partial charge on any atom is 0.321 e. The minimum Gasteiger partial charge on any atom is -0.338 e. The van der Waals surface area contributed by atoms with Gasteiger partial charge in [-0.15, -0.1) is 0 Å². The molecule has 0 aliphatic heterocycles. The van der Waals surface area contributed by atoms with Crippen LogP contribution in [0.2, 0.25) is 0 Å². The normalized spacial score (nSPS) is 10.4. The number of nitrogens with one attached hydrogen (secondary N) is 4. The summed E-state index contributed by atoms with van der Waals surface area (Å²) in [6.07, 6.45) is 4.55. The second-order valence-electron chi connectivity index (χ2n) is 6.35. The monoisotopic (exact) mass is 420 g/mol. The molecule has 0 radical (unpaired) electrons. The van der Waals surface area contributed by atoms with E-state index in [-0.39, 0.29) is 23.5 Å². The Morgan fingerprint density at radius 1 is 0.815 bits per heavy atom. The highest BCUT2D eigenvalue weighted by Gasteiger charge is 2.09. The molecule has 0 heterocycles. The third kappa shape index (κ3) is 17.7. The summed E-state index contributed by atoms with van der Waals surface area (Å²) in [6, 6.07) is -0.980. The van der Waals surface area contributed by atoms with Gasteiger partial charge in [0.15, 0.2) is 0 Å². The molecular weight excluding hydrogens is 388 g/mol. The molecule has 0 saturated carbocycles. The summed E-state index contributed by atoms with van der Waals surface area (Å²) in [4.78, 5) is 46.0. The summed E-state index contributed by atoms with van der Waals surface area (Å²) in [6.45, 7) is 6.86. The van der Waals surface area contributed by atoms with Crippen LogP contribution in [0.15, 0.2) is 0 Å². The van der Waals surface area contributed by atoms with Crippen molar-refractivity contribution in [2.24, 2.45) is 5.92 Å². The number of urea groups is 2. The van der Waals surface area contributed by atoms with Gasteiger partial charge in [0.2, 0.25) is 11.8 Å². The van der Waals surface area contributed by atoms with Gasteiger partial charge in [0.05, 0.1) is 5.75 Å². The van der Waals surface area contributed by atoms with Crippen LogP contribution in [0.3, 0.4) is 0 Å². The standard InChI is InChI=1S/C17H32N4O4S2/c1-4-5-6-7-8-18-16(24)21-15(23)12-27-26-10-9-19-17(25)20-14(22)11-13(2)3/h13H,4-12H2,1-3H3,(H2,18,21,23,24)(H2,19,20,22,25). The van der Waals surface area contributed by atoms with E-state index in [2.05, 4.69) is 28.2 Å². The Hall–Kier alpha value is -1.42. The lowest BCUT2D eigenvalue weighted by molar-refractivity contribution is -0.120. The molecule has 0 spiro atoms. The molecule has 156 valence electrons. The summed E-state index contributed by atoms with van der Waals surface area (Å²) < 4.78 is 0. The van der Waals surface area contributed by atoms with E-state index < -0.39 is 12.1 Å². The summed E-state index contributed by atoms with van der Waals surface area (Å²) in [7, 11) is 2.70. The summed E-state index contributed by atoms with van der Waals surface area (Å²) in [5.41, 5.74) is 0. The number of amides is 6. The Morgan fingerprint density at radius 2 is 1.44 bits per heavy atom. The molecule has 4 N–H and O–H groups in total. The van der Waals surface area contributed by atoms with Crippen molar-refractivity contribution in [3.63, 3.8) is 0 Å². The van der Waals surface area contributed by atoms with Gasteiger partial charge in [0.25, 0.3) is 0 Å². The highest BCUT2D eigenvalue weighted by molar-refractivity contribution is 8.76. The van der Waals surface area contributed by atoms with Crippen LogP contribution in [0, 0.1) is 5.92 Å². The Kier molecular flexibility index (Phi) is 15.9. The molecule has 0 atom stereocenters. The molecule has 0 aromatic rings. The van der Waals surface area contributed by atoms with Crippen LogP contribution in [-0.4, -0.2) is 48.5 Å². The van der Waals surface area contributed by atoms with Crippen molar-refractivity contribution in [3.05, 3.63) is 0 Å². The van der Waals surface area contributed by atoms with E-state index in [4.69, 9.17) is 0 Å². The summed E-state index contributed by atoms with van der Waals surface area (Å²) >= 11 is 0. The third-order valence-electron chi connectivity index (χ3n) is 3.16. The molecule has 0 aliphatic carbocycles. The van der Waals surface area contributed by atoms with Gasteiger partial charge in [0, 0.05) is 25.3 Å². The lowest BCUT2D eigenvalue weighted by Crippen LogP contribution is -2.41. The fourth-order valence-corrected chi connectivity index (χ4v) is 3.65. The van der Waals surface area contributed by atoms with Crippen LogP contribution in [0.4, 0.5) is 9.59 Å². The lowest BCUT2D eigenvalue weighted by atomic mass is 10.1. The number of rotatable bonds is 13. The molecule has 0 aromatic heterocycles. The minimum absolute atomic E-state index is 0.146. The first-order valence-electron chi connectivity index (χ1n) is 9.24. The van der Waals surface area contributed by atoms with Gasteiger partial charge in [-0.1, -0.05) is 61.6 Å². The first-order chi connectivity index (χ1) is 12.8. The van der Waals surface area contributed by atoms with E-state index >= 15 is 0 Å². The summed E-state index contributed by atoms with van der Waals surface area (Å²) in [5.74, 6) is 0.257. The van der Waals surface area contributed by atoms with Crippen molar-refractivity contribution >= 4 is 45.5 Å². The first-order valence-corrected chi connectivity index (χ1v) is 11.7. The Bertz CT molecular complexity index is 476. The molecule has 0 bridgehead atoms. The van der Waals surface area contributed by atoms with Crippen LogP contribution in [0.1, 0.15) is 52.9 Å². The van der Waals surface area contributed by atoms with Crippen molar-refractivity contribution < 1.29 is 19.2 Å². The molecule has 6 amide bonds. The SMILES string of the molecule is CCCCCCNC(=O)NC(=O)CSSCCNC(=O)NC(=O)CC(C)C. The van der Waals surface area contributed by atoms with Gasteiger partial charge in [-0.05, 0) is 12.3 Å². The van der Waals surface area contributed by atoms with E-state index in [1.165, 1.54) is 21.6 Å². The van der Waals surface area contributed by atoms with E-state index in [9.17, 15) is 19.2 Å². The molecule has 0 saturated heterocycles. The first kappa shape index (κ1) is 25.6. The molecule has 0 fully saturated rings. The largest absolute Gasteiger partial charge is 0.338 e. The van der Waals surface area contributed by atoms with Crippen LogP contribution in [0.5, 0.6) is 0 Å². The number of hydrogen-bond donors (Lipinski definition) is 4. The molecule has 8 nitrogen and oxygen atoms in total. The minimum atomic E-state index is -0.514. The molecule has 10 heteroatoms. The maximum atomic E-state index is 11.6. The Morgan fingerprint density at radius 3 is 2.07 bits per heavy atom. The smallest absolute Gasteiger partial charge is 0.321 e. The van der Waals surface area contributed by atoms with Gasteiger partial charge in [-0.2, -0.15) is 0 Å². The lowest BCUT2D eigenvalue weighted by Gasteiger charge is -2.08. The van der Waals surface area contributed by atoms with Crippen molar-refractivity contribution in [2.45, 2.75) is 52.9 Å². The Balaban J connectivity index is 3.58. The number of unbranched alkanes of at least 4 members (excludes halogenated alkanes) is 3. The van der Waals surface area contributed by atoms with Gasteiger partial charge >= 0.3 is 12.1 Å². The number of hydrogen-bond acceptors (Lipinski definition) is 6. The highest BCUT2D eigenvalue weighted by atomic mass is 33.1. The second kappa shape index (κ2) is 16.7. The van der Waals surface area contributed by atoms with Gasteiger partial charge in [-0.3, -0.25) is 20.2 Å². The third-order valence-corrected chi connectivity index (χ3v) is 5.43. The van der Waals surface area contributed by atoms with Crippen LogP contribution < -0.4 is 21.3 Å². The van der Waals surface area contributed by atoms with Crippen LogP contribution >= 0.6 is 21.6 Å². The molecule has 0 unspecified atom stereocenters. The maximum absolute atomic E-state index is 11.6. The number of carbonyl (C=O) groups excluding carboxylic acids is 4. The average molecular weight is 421 g/mol. The van der Waals surface area contributed by atoms with Crippen molar-refractivity contribution in [2.75, 3.05) is 24.6 Å². The van der Waals surface area contributed by atoms with Gasteiger partial charge < -0.3 is 10.6 Å². The van der Waals surface area contributed by atoms with Crippen molar-refractivity contribution in [1.29, 1.82) is 0 Å². The highest BCUT2D eigenvalue weighted by Crippen LogP contribution is 2.19. The molecular formula is C17H32N4O4S2. The van der Waals surface area contributed by atoms with Gasteiger partial charge in [0.1, 0.15) is 0 Å². The van der Waals surface area contributed by atoms with Crippen molar-refractivity contribution in [1.82, 2.24) is 21.3 Å².